The standard InChI is InChI=1S/C23H24N2O4S/c26-21(25-23-24-19(15-30-23)20-12-7-13-28-20)17-10-5-2-6-11-18(17)22(27)29-14-16-8-3-1-4-9-16/h1,3-4,7-9,12-13,15,17-18H,2,5-6,10-11,14H2,(H,24,25,26)/t17-,18-/m1/s1. The number of rotatable bonds is 6. The lowest BCUT2D eigenvalue weighted by atomic mass is 9.87. The van der Waals surface area contributed by atoms with E-state index in [-0.39, 0.29) is 18.5 Å². The summed E-state index contributed by atoms with van der Waals surface area (Å²) < 4.78 is 10.9. The minimum Gasteiger partial charge on any atom is -0.463 e. The Hall–Kier alpha value is -2.93. The van der Waals surface area contributed by atoms with Crippen molar-refractivity contribution in [1.29, 1.82) is 0 Å². The molecular weight excluding hydrogens is 400 g/mol. The van der Waals surface area contributed by atoms with Crippen molar-refractivity contribution in [2.75, 3.05) is 5.32 Å². The smallest absolute Gasteiger partial charge is 0.310 e. The highest BCUT2D eigenvalue weighted by molar-refractivity contribution is 7.14. The Balaban J connectivity index is 1.41. The first kappa shape index (κ1) is 20.3. The fraction of sp³-hybridized carbons (Fsp3) is 0.348. The Labute approximate surface area is 179 Å². The molecule has 1 fully saturated rings. The van der Waals surface area contributed by atoms with Gasteiger partial charge in [0, 0.05) is 5.38 Å². The number of esters is 1. The van der Waals surface area contributed by atoms with Crippen molar-refractivity contribution in [3.8, 4) is 11.5 Å². The van der Waals surface area contributed by atoms with Gasteiger partial charge < -0.3 is 14.5 Å². The number of carbonyl (C=O) groups excluding carboxylic acids is 2. The van der Waals surface area contributed by atoms with E-state index in [1.165, 1.54) is 11.3 Å². The fourth-order valence-corrected chi connectivity index (χ4v) is 4.51. The van der Waals surface area contributed by atoms with Gasteiger partial charge in [-0.25, -0.2) is 4.98 Å². The van der Waals surface area contributed by atoms with Gasteiger partial charge in [-0.2, -0.15) is 0 Å². The molecule has 6 nitrogen and oxygen atoms in total. The molecule has 1 aliphatic carbocycles. The zero-order valence-electron chi connectivity index (χ0n) is 16.6. The van der Waals surface area contributed by atoms with Gasteiger partial charge in [0.25, 0.3) is 0 Å². The number of carbonyl (C=O) groups is 2. The second-order valence-corrected chi connectivity index (χ2v) is 8.31. The molecule has 0 bridgehead atoms. The normalized spacial score (nSPS) is 19.1. The van der Waals surface area contributed by atoms with Crippen molar-refractivity contribution in [3.05, 3.63) is 59.7 Å². The molecule has 0 saturated heterocycles. The van der Waals surface area contributed by atoms with Crippen molar-refractivity contribution in [3.63, 3.8) is 0 Å². The van der Waals surface area contributed by atoms with Crippen LogP contribution in [0.5, 0.6) is 0 Å². The number of hydrogen-bond acceptors (Lipinski definition) is 6. The Kier molecular flexibility index (Phi) is 6.59. The molecule has 3 aromatic rings. The zero-order valence-corrected chi connectivity index (χ0v) is 17.4. The molecule has 0 spiro atoms. The summed E-state index contributed by atoms with van der Waals surface area (Å²) in [6.07, 6.45) is 5.80. The molecule has 4 rings (SSSR count). The van der Waals surface area contributed by atoms with Gasteiger partial charge in [-0.3, -0.25) is 9.59 Å². The number of thiazole rings is 1. The highest BCUT2D eigenvalue weighted by Gasteiger charge is 2.36. The van der Waals surface area contributed by atoms with Crippen LogP contribution in [0, 0.1) is 11.8 Å². The number of nitrogens with one attached hydrogen (secondary N) is 1. The molecule has 30 heavy (non-hydrogen) atoms. The Bertz CT molecular complexity index is 968. The van der Waals surface area contributed by atoms with E-state index in [0.717, 1.165) is 24.8 Å². The average molecular weight is 425 g/mol. The number of ether oxygens (including phenoxy) is 1. The van der Waals surface area contributed by atoms with E-state index in [1.807, 2.05) is 41.8 Å². The lowest BCUT2D eigenvalue weighted by Gasteiger charge is -2.22. The number of hydrogen-bond donors (Lipinski definition) is 1. The number of anilines is 1. The van der Waals surface area contributed by atoms with E-state index < -0.39 is 11.8 Å². The predicted octanol–water partition coefficient (Wildman–Crippen LogP) is 5.28. The Morgan fingerprint density at radius 1 is 1.07 bits per heavy atom. The van der Waals surface area contributed by atoms with Gasteiger partial charge in [-0.15, -0.1) is 11.3 Å². The number of furan rings is 1. The predicted molar refractivity (Wildman–Crippen MR) is 115 cm³/mol. The first-order valence-corrected chi connectivity index (χ1v) is 11.1. The van der Waals surface area contributed by atoms with Crippen molar-refractivity contribution in [1.82, 2.24) is 4.98 Å². The minimum atomic E-state index is -0.430. The molecule has 1 aliphatic rings. The van der Waals surface area contributed by atoms with Crippen LogP contribution >= 0.6 is 11.3 Å². The van der Waals surface area contributed by atoms with Crippen LogP contribution in [-0.4, -0.2) is 16.9 Å². The van der Waals surface area contributed by atoms with Crippen LogP contribution in [0.1, 0.15) is 37.7 Å². The fourth-order valence-electron chi connectivity index (χ4n) is 3.81. The van der Waals surface area contributed by atoms with Crippen LogP contribution < -0.4 is 5.32 Å². The van der Waals surface area contributed by atoms with E-state index >= 15 is 0 Å². The monoisotopic (exact) mass is 424 g/mol. The third-order valence-corrected chi connectivity index (χ3v) is 6.15. The molecule has 156 valence electrons. The first-order chi connectivity index (χ1) is 14.7. The van der Waals surface area contributed by atoms with E-state index in [0.29, 0.717) is 29.4 Å². The van der Waals surface area contributed by atoms with Crippen LogP contribution in [0.15, 0.2) is 58.5 Å². The molecule has 0 unspecified atom stereocenters. The maximum absolute atomic E-state index is 13.0. The minimum absolute atomic E-state index is 0.168. The highest BCUT2D eigenvalue weighted by atomic mass is 32.1. The summed E-state index contributed by atoms with van der Waals surface area (Å²) >= 11 is 1.34. The second-order valence-electron chi connectivity index (χ2n) is 7.45. The van der Waals surface area contributed by atoms with Crippen LogP contribution in [0.25, 0.3) is 11.5 Å². The largest absolute Gasteiger partial charge is 0.463 e. The van der Waals surface area contributed by atoms with Crippen LogP contribution in [-0.2, 0) is 20.9 Å². The third kappa shape index (κ3) is 4.97. The third-order valence-electron chi connectivity index (χ3n) is 5.39. The molecule has 1 N–H and O–H groups in total. The topological polar surface area (TPSA) is 81.4 Å². The highest BCUT2D eigenvalue weighted by Crippen LogP contribution is 2.32. The second kappa shape index (κ2) is 9.71. The molecule has 2 aromatic heterocycles. The summed E-state index contributed by atoms with van der Waals surface area (Å²) in [4.78, 5) is 30.3. The summed E-state index contributed by atoms with van der Waals surface area (Å²) in [5.74, 6) is -0.647. The summed E-state index contributed by atoms with van der Waals surface area (Å²) in [5, 5.41) is 5.25. The van der Waals surface area contributed by atoms with Gasteiger partial charge in [-0.1, -0.05) is 49.6 Å². The van der Waals surface area contributed by atoms with E-state index in [2.05, 4.69) is 10.3 Å². The maximum atomic E-state index is 13.0. The quantitative estimate of drug-likeness (QED) is 0.430. The number of amides is 1. The molecule has 7 heteroatoms. The maximum Gasteiger partial charge on any atom is 0.310 e. The van der Waals surface area contributed by atoms with Gasteiger partial charge in [0.1, 0.15) is 12.3 Å². The zero-order chi connectivity index (χ0) is 20.8. The molecule has 1 saturated carbocycles. The molecule has 1 amide bonds. The number of aromatic nitrogens is 1. The molecule has 0 aliphatic heterocycles. The van der Waals surface area contributed by atoms with Crippen LogP contribution in [0.4, 0.5) is 5.13 Å². The van der Waals surface area contributed by atoms with Gasteiger partial charge in [0.2, 0.25) is 5.91 Å². The van der Waals surface area contributed by atoms with Crippen molar-refractivity contribution in [2.24, 2.45) is 11.8 Å². The van der Waals surface area contributed by atoms with Gasteiger partial charge in [0.05, 0.1) is 18.1 Å². The Morgan fingerprint density at radius 2 is 1.87 bits per heavy atom. The Morgan fingerprint density at radius 3 is 2.63 bits per heavy atom. The van der Waals surface area contributed by atoms with E-state index in [4.69, 9.17) is 9.15 Å². The van der Waals surface area contributed by atoms with Gasteiger partial charge >= 0.3 is 5.97 Å². The van der Waals surface area contributed by atoms with Crippen LogP contribution in [0.2, 0.25) is 0 Å². The molecule has 1 aromatic carbocycles. The summed E-state index contributed by atoms with van der Waals surface area (Å²) in [7, 11) is 0. The summed E-state index contributed by atoms with van der Waals surface area (Å²) in [6, 6.07) is 13.2. The van der Waals surface area contributed by atoms with Gasteiger partial charge in [0.15, 0.2) is 10.9 Å². The lowest BCUT2D eigenvalue weighted by molar-refractivity contribution is -0.154. The first-order valence-electron chi connectivity index (χ1n) is 10.2. The molecule has 2 atom stereocenters. The van der Waals surface area contributed by atoms with Crippen molar-refractivity contribution in [2.45, 2.75) is 38.7 Å². The lowest BCUT2D eigenvalue weighted by Crippen LogP contribution is -2.34. The average Bonchev–Trinajstić information content (AvgIpc) is 3.40. The molecular formula is C23H24N2O4S. The van der Waals surface area contributed by atoms with Crippen LogP contribution in [0.3, 0.4) is 0 Å². The van der Waals surface area contributed by atoms with Crippen molar-refractivity contribution < 1.29 is 18.7 Å². The SMILES string of the molecule is O=C(Nc1nc(-c2ccco2)cs1)[C@@H]1CCCCC[C@H]1C(=O)OCc1ccccc1. The van der Waals surface area contributed by atoms with E-state index in [9.17, 15) is 9.59 Å². The summed E-state index contributed by atoms with van der Waals surface area (Å²) in [6.45, 7) is 0.226. The summed E-state index contributed by atoms with van der Waals surface area (Å²) in [5.41, 5.74) is 1.62. The van der Waals surface area contributed by atoms with E-state index in [1.54, 1.807) is 12.3 Å². The number of benzene rings is 1. The van der Waals surface area contributed by atoms with Gasteiger partial charge in [-0.05, 0) is 30.5 Å². The molecule has 0 radical (unpaired) electrons. The molecule has 2 heterocycles. The number of nitrogens with zero attached hydrogens (tertiary/aromatic N) is 1. The van der Waals surface area contributed by atoms with Crippen molar-refractivity contribution >= 4 is 28.3 Å².